The zero-order valence-corrected chi connectivity index (χ0v) is 23.1. The first kappa shape index (κ1) is 27.9. The monoisotopic (exact) mass is 565 g/mol. The number of benzene rings is 3. The van der Waals surface area contributed by atoms with Crippen LogP contribution in [0.15, 0.2) is 114 Å². The van der Waals surface area contributed by atoms with Crippen LogP contribution in [0.25, 0.3) is 5.69 Å². The van der Waals surface area contributed by atoms with Crippen LogP contribution in [-0.2, 0) is 18.6 Å². The van der Waals surface area contributed by atoms with Gasteiger partial charge in [0.2, 0.25) is 0 Å². The van der Waals surface area contributed by atoms with Crippen molar-refractivity contribution in [2.45, 2.75) is 30.2 Å². The Labute approximate surface area is 241 Å². The number of aromatic nitrogens is 4. The standard InChI is InChI=1S/C32H28FN5O2S/c33-28-12-8-24(9-13-28)21-41-32-37-31(40)27(17-25-18-34-22-35-19-25)20-38(32)29-14-10-26(11-15-29)30(39)36-16-4-7-23-5-2-1-3-6-23/h1-3,5-6,8-15,18-20,22H,4,7,16-17,21H2,(H,36,39). The second-order valence-corrected chi connectivity index (χ2v) is 10.4. The van der Waals surface area contributed by atoms with E-state index in [1.807, 2.05) is 34.9 Å². The second-order valence-electron chi connectivity index (χ2n) is 9.45. The van der Waals surface area contributed by atoms with E-state index in [9.17, 15) is 14.0 Å². The fraction of sp³-hybridized carbons (Fsp3) is 0.156. The van der Waals surface area contributed by atoms with E-state index in [1.54, 1.807) is 42.9 Å². The minimum absolute atomic E-state index is 0.140. The van der Waals surface area contributed by atoms with Crippen molar-refractivity contribution in [3.63, 3.8) is 0 Å². The summed E-state index contributed by atoms with van der Waals surface area (Å²) >= 11 is 1.38. The van der Waals surface area contributed by atoms with Gasteiger partial charge in [-0.25, -0.2) is 14.4 Å². The number of carbonyl (C=O) groups is 1. The zero-order valence-electron chi connectivity index (χ0n) is 22.2. The van der Waals surface area contributed by atoms with Gasteiger partial charge in [-0.15, -0.1) is 0 Å². The summed E-state index contributed by atoms with van der Waals surface area (Å²) in [5.41, 5.74) is 4.40. The van der Waals surface area contributed by atoms with Crippen LogP contribution in [-0.4, -0.2) is 32.0 Å². The van der Waals surface area contributed by atoms with Gasteiger partial charge in [0.05, 0.1) is 0 Å². The first-order valence-electron chi connectivity index (χ1n) is 13.2. The number of thioether (sulfide) groups is 1. The molecule has 0 aliphatic rings. The Morgan fingerprint density at radius 1 is 0.878 bits per heavy atom. The Kier molecular flexibility index (Phi) is 9.28. The van der Waals surface area contributed by atoms with Crippen LogP contribution in [0.4, 0.5) is 4.39 Å². The van der Waals surface area contributed by atoms with Crippen molar-refractivity contribution >= 4 is 17.7 Å². The van der Waals surface area contributed by atoms with Crippen molar-refractivity contribution in [2.75, 3.05) is 6.54 Å². The molecule has 206 valence electrons. The van der Waals surface area contributed by atoms with E-state index in [-0.39, 0.29) is 17.3 Å². The molecule has 9 heteroatoms. The summed E-state index contributed by atoms with van der Waals surface area (Å²) in [7, 11) is 0. The maximum atomic E-state index is 13.4. The van der Waals surface area contributed by atoms with Crippen LogP contribution < -0.4 is 10.9 Å². The topological polar surface area (TPSA) is 89.8 Å². The molecule has 0 unspecified atom stereocenters. The molecule has 5 aromatic rings. The maximum absolute atomic E-state index is 13.4. The molecular weight excluding hydrogens is 537 g/mol. The molecule has 3 aromatic carbocycles. The Balaban J connectivity index is 1.33. The van der Waals surface area contributed by atoms with E-state index in [4.69, 9.17) is 0 Å². The summed E-state index contributed by atoms with van der Waals surface area (Å²) in [4.78, 5) is 38.2. The molecule has 0 aliphatic heterocycles. The molecule has 5 rings (SSSR count). The van der Waals surface area contributed by atoms with Crippen molar-refractivity contribution in [1.82, 2.24) is 24.8 Å². The Bertz CT molecular complexity index is 1640. The van der Waals surface area contributed by atoms with E-state index in [0.717, 1.165) is 29.7 Å². The summed E-state index contributed by atoms with van der Waals surface area (Å²) in [6.45, 7) is 0.579. The third-order valence-electron chi connectivity index (χ3n) is 6.43. The average Bonchev–Trinajstić information content (AvgIpc) is 3.01. The van der Waals surface area contributed by atoms with E-state index < -0.39 is 0 Å². The van der Waals surface area contributed by atoms with Gasteiger partial charge in [-0.1, -0.05) is 54.2 Å². The van der Waals surface area contributed by atoms with Crippen molar-refractivity contribution in [3.8, 4) is 5.69 Å². The molecule has 0 spiro atoms. The van der Waals surface area contributed by atoms with Crippen LogP contribution in [0.5, 0.6) is 0 Å². The number of aryl methyl sites for hydroxylation is 1. The maximum Gasteiger partial charge on any atom is 0.277 e. The number of hydrogen-bond donors (Lipinski definition) is 1. The normalized spacial score (nSPS) is 10.9. The van der Waals surface area contributed by atoms with Gasteiger partial charge in [0, 0.05) is 54.1 Å². The zero-order chi connectivity index (χ0) is 28.4. The largest absolute Gasteiger partial charge is 0.352 e. The molecule has 0 atom stereocenters. The molecule has 1 amide bonds. The molecular formula is C32H28FN5O2S. The number of amides is 1. The summed E-state index contributed by atoms with van der Waals surface area (Å²) < 4.78 is 15.2. The van der Waals surface area contributed by atoms with Crippen LogP contribution in [0, 0.1) is 5.82 Å². The van der Waals surface area contributed by atoms with Gasteiger partial charge in [0.25, 0.3) is 11.5 Å². The summed E-state index contributed by atoms with van der Waals surface area (Å²) in [5, 5.41) is 3.48. The average molecular weight is 566 g/mol. The molecule has 0 aliphatic carbocycles. The highest BCUT2D eigenvalue weighted by atomic mass is 32.2. The Hall–Kier alpha value is -4.63. The molecule has 1 N–H and O–H groups in total. The lowest BCUT2D eigenvalue weighted by Crippen LogP contribution is -2.24. The lowest BCUT2D eigenvalue weighted by atomic mass is 10.1. The summed E-state index contributed by atoms with van der Waals surface area (Å²) in [6.07, 6.45) is 8.63. The van der Waals surface area contributed by atoms with Gasteiger partial charge in [0.15, 0.2) is 5.16 Å². The van der Waals surface area contributed by atoms with Crippen molar-refractivity contribution in [1.29, 1.82) is 0 Å². The van der Waals surface area contributed by atoms with Crippen molar-refractivity contribution < 1.29 is 9.18 Å². The number of rotatable bonds is 11. The SMILES string of the molecule is O=C(NCCCc1ccccc1)c1ccc(-n2cc(Cc3cncnc3)c(=O)nc2SCc2ccc(F)cc2)cc1. The highest BCUT2D eigenvalue weighted by Gasteiger charge is 2.13. The predicted molar refractivity (Wildman–Crippen MR) is 158 cm³/mol. The van der Waals surface area contributed by atoms with Crippen molar-refractivity contribution in [3.05, 3.63) is 148 Å². The molecule has 0 saturated heterocycles. The highest BCUT2D eigenvalue weighted by Crippen LogP contribution is 2.24. The fourth-order valence-corrected chi connectivity index (χ4v) is 5.20. The third-order valence-corrected chi connectivity index (χ3v) is 7.45. The molecule has 41 heavy (non-hydrogen) atoms. The van der Waals surface area contributed by atoms with Crippen molar-refractivity contribution in [2.24, 2.45) is 0 Å². The first-order chi connectivity index (χ1) is 20.0. The third kappa shape index (κ3) is 7.73. The molecule has 0 fully saturated rings. The molecule has 7 nitrogen and oxygen atoms in total. The van der Waals surface area contributed by atoms with E-state index in [1.165, 1.54) is 35.8 Å². The Morgan fingerprint density at radius 3 is 2.34 bits per heavy atom. The lowest BCUT2D eigenvalue weighted by Gasteiger charge is -2.15. The van der Waals surface area contributed by atoms with E-state index in [0.29, 0.717) is 35.0 Å². The number of nitrogens with one attached hydrogen (secondary N) is 1. The van der Waals surface area contributed by atoms with Gasteiger partial charge in [-0.05, 0) is 65.9 Å². The van der Waals surface area contributed by atoms with Crippen LogP contribution >= 0.6 is 11.8 Å². The number of nitrogens with zero attached hydrogens (tertiary/aromatic N) is 4. The minimum atomic E-state index is -0.335. The summed E-state index contributed by atoms with van der Waals surface area (Å²) in [6, 6.07) is 23.6. The molecule has 0 radical (unpaired) electrons. The predicted octanol–water partition coefficient (Wildman–Crippen LogP) is 5.41. The minimum Gasteiger partial charge on any atom is -0.352 e. The number of hydrogen-bond acceptors (Lipinski definition) is 6. The fourth-order valence-electron chi connectivity index (χ4n) is 4.27. The smallest absolute Gasteiger partial charge is 0.277 e. The number of carbonyl (C=O) groups excluding carboxylic acids is 1. The first-order valence-corrected chi connectivity index (χ1v) is 14.2. The second kappa shape index (κ2) is 13.6. The van der Waals surface area contributed by atoms with E-state index in [2.05, 4.69) is 32.4 Å². The van der Waals surface area contributed by atoms with Crippen LogP contribution in [0.3, 0.4) is 0 Å². The quantitative estimate of drug-likeness (QED) is 0.131. The lowest BCUT2D eigenvalue weighted by molar-refractivity contribution is 0.0953. The molecule has 0 bridgehead atoms. The van der Waals surface area contributed by atoms with Gasteiger partial charge in [-0.2, -0.15) is 4.98 Å². The Morgan fingerprint density at radius 2 is 1.61 bits per heavy atom. The molecule has 2 aromatic heterocycles. The van der Waals surface area contributed by atoms with Crippen LogP contribution in [0.1, 0.15) is 39.0 Å². The number of halogens is 1. The summed E-state index contributed by atoms with van der Waals surface area (Å²) in [5.74, 6) is 0.0591. The van der Waals surface area contributed by atoms with E-state index >= 15 is 0 Å². The van der Waals surface area contributed by atoms with Gasteiger partial charge < -0.3 is 5.32 Å². The van der Waals surface area contributed by atoms with Gasteiger partial charge in [0.1, 0.15) is 12.1 Å². The van der Waals surface area contributed by atoms with Gasteiger partial charge in [-0.3, -0.25) is 14.2 Å². The van der Waals surface area contributed by atoms with Gasteiger partial charge >= 0.3 is 0 Å². The molecule has 2 heterocycles. The van der Waals surface area contributed by atoms with Crippen LogP contribution in [0.2, 0.25) is 0 Å². The highest BCUT2D eigenvalue weighted by molar-refractivity contribution is 7.98. The molecule has 0 saturated carbocycles.